The number of aliphatic imine (C=N–C) groups is 1. The molecule has 0 aromatic heterocycles. The Bertz CT molecular complexity index is 683. The molecule has 2 aliphatic carbocycles. The van der Waals surface area contributed by atoms with Crippen molar-refractivity contribution in [3.63, 3.8) is 0 Å². The Morgan fingerprint density at radius 3 is 2.76 bits per heavy atom. The molecule has 25 heavy (non-hydrogen) atoms. The van der Waals surface area contributed by atoms with E-state index in [9.17, 15) is 0 Å². The molecule has 1 heterocycles. The molecule has 0 amide bonds. The smallest absolute Gasteiger partial charge is 0.191 e. The summed E-state index contributed by atoms with van der Waals surface area (Å²) in [6.07, 6.45) is 4.02. The number of fused-ring (bicyclic) bond motifs is 1. The first-order chi connectivity index (χ1) is 12.0. The summed E-state index contributed by atoms with van der Waals surface area (Å²) in [7, 11) is 1.86. The van der Waals surface area contributed by atoms with Crippen molar-refractivity contribution in [2.45, 2.75) is 50.7 Å². The lowest BCUT2D eigenvalue weighted by atomic mass is 9.57. The molecule has 5 heteroatoms. The van der Waals surface area contributed by atoms with Crippen LogP contribution in [0.1, 0.15) is 38.7 Å². The third kappa shape index (κ3) is 2.89. The molecule has 4 nitrogen and oxygen atoms in total. The molecule has 1 aromatic rings. The first-order valence-corrected chi connectivity index (χ1v) is 10.1. The molecule has 2 N–H and O–H groups in total. The van der Waals surface area contributed by atoms with Gasteiger partial charge in [0.2, 0.25) is 0 Å². The van der Waals surface area contributed by atoms with Crippen LogP contribution in [-0.4, -0.2) is 38.3 Å². The van der Waals surface area contributed by atoms with Crippen LogP contribution >= 0.6 is 15.9 Å². The fourth-order valence-electron chi connectivity index (χ4n) is 4.80. The lowest BCUT2D eigenvalue weighted by Crippen LogP contribution is -2.68. The van der Waals surface area contributed by atoms with Gasteiger partial charge in [-0.1, -0.05) is 48.0 Å². The van der Waals surface area contributed by atoms with Crippen molar-refractivity contribution in [1.29, 1.82) is 0 Å². The molecule has 136 valence electrons. The number of rotatable bonds is 4. The Hall–Kier alpha value is -1.07. The van der Waals surface area contributed by atoms with E-state index < -0.39 is 0 Å². The molecule has 0 bridgehead atoms. The number of nitrogens with one attached hydrogen (secondary N) is 2. The number of hydrogen-bond donors (Lipinski definition) is 2. The van der Waals surface area contributed by atoms with Gasteiger partial charge >= 0.3 is 0 Å². The molecule has 3 fully saturated rings. The molecule has 4 rings (SSSR count). The fraction of sp³-hybridized carbons (Fsp3) is 0.650. The predicted octanol–water partition coefficient (Wildman–Crippen LogP) is 3.46. The third-order valence-electron chi connectivity index (χ3n) is 6.51. The summed E-state index contributed by atoms with van der Waals surface area (Å²) in [6.45, 7) is 6.42. The van der Waals surface area contributed by atoms with Gasteiger partial charge in [-0.25, -0.2) is 0 Å². The average Bonchev–Trinajstić information content (AvgIpc) is 3.24. The maximum atomic E-state index is 5.90. The average molecular weight is 406 g/mol. The van der Waals surface area contributed by atoms with Crippen LogP contribution in [0.15, 0.2) is 33.7 Å². The number of guanidine groups is 1. The summed E-state index contributed by atoms with van der Waals surface area (Å²) in [5.41, 5.74) is 1.82. The van der Waals surface area contributed by atoms with Gasteiger partial charge in [-0.05, 0) is 30.9 Å². The fourth-order valence-corrected chi connectivity index (χ4v) is 5.50. The Kier molecular flexibility index (Phi) is 4.35. The summed E-state index contributed by atoms with van der Waals surface area (Å²) in [4.78, 5) is 4.48. The highest BCUT2D eigenvalue weighted by Crippen LogP contribution is 2.52. The molecule has 0 radical (unpaired) electrons. The van der Waals surface area contributed by atoms with Crippen LogP contribution in [0.25, 0.3) is 0 Å². The second-order valence-corrected chi connectivity index (χ2v) is 9.23. The van der Waals surface area contributed by atoms with Gasteiger partial charge in [0.1, 0.15) is 0 Å². The normalized spacial score (nSPS) is 31.8. The molecule has 3 unspecified atom stereocenters. The number of nitrogens with zero attached hydrogens (tertiary/aromatic N) is 1. The molecule has 2 saturated carbocycles. The molecule has 3 atom stereocenters. The number of hydrogen-bond acceptors (Lipinski definition) is 2. The topological polar surface area (TPSA) is 45.7 Å². The lowest BCUT2D eigenvalue weighted by molar-refractivity contribution is -0.106. The van der Waals surface area contributed by atoms with E-state index in [2.05, 4.69) is 69.7 Å². The SMILES string of the molecule is CN=C(NCC1(c2ccccc2Br)CC1)NC1C2CCOC2C1(C)C. The minimum atomic E-state index is 0.165. The number of benzene rings is 1. The van der Waals surface area contributed by atoms with Crippen LogP contribution in [0.5, 0.6) is 0 Å². The molecule has 1 aliphatic heterocycles. The molecule has 3 aliphatic rings. The quantitative estimate of drug-likeness (QED) is 0.595. The highest BCUT2D eigenvalue weighted by atomic mass is 79.9. The van der Waals surface area contributed by atoms with Gasteiger partial charge in [-0.3, -0.25) is 4.99 Å². The van der Waals surface area contributed by atoms with E-state index >= 15 is 0 Å². The first kappa shape index (κ1) is 17.3. The Labute approximate surface area is 158 Å². The van der Waals surface area contributed by atoms with Crippen LogP contribution in [-0.2, 0) is 10.2 Å². The summed E-state index contributed by atoms with van der Waals surface area (Å²) in [5, 5.41) is 7.27. The lowest BCUT2D eigenvalue weighted by Gasteiger charge is -2.55. The van der Waals surface area contributed by atoms with E-state index in [-0.39, 0.29) is 10.8 Å². The van der Waals surface area contributed by atoms with Crippen LogP contribution in [0.3, 0.4) is 0 Å². The van der Waals surface area contributed by atoms with Gasteiger partial charge < -0.3 is 15.4 Å². The van der Waals surface area contributed by atoms with Gasteiger partial charge in [0.25, 0.3) is 0 Å². The van der Waals surface area contributed by atoms with Crippen LogP contribution < -0.4 is 10.6 Å². The maximum Gasteiger partial charge on any atom is 0.191 e. The van der Waals surface area contributed by atoms with Crippen molar-refractivity contribution < 1.29 is 4.74 Å². The van der Waals surface area contributed by atoms with Crippen molar-refractivity contribution >= 4 is 21.9 Å². The Morgan fingerprint density at radius 2 is 2.08 bits per heavy atom. The van der Waals surface area contributed by atoms with Crippen molar-refractivity contribution in [3.8, 4) is 0 Å². The number of ether oxygens (including phenoxy) is 1. The highest BCUT2D eigenvalue weighted by Gasteiger charge is 2.59. The van der Waals surface area contributed by atoms with E-state index in [1.54, 1.807) is 0 Å². The van der Waals surface area contributed by atoms with Crippen LogP contribution in [0.4, 0.5) is 0 Å². The van der Waals surface area contributed by atoms with Gasteiger partial charge in [-0.2, -0.15) is 0 Å². The Balaban J connectivity index is 1.40. The zero-order valence-electron chi connectivity index (χ0n) is 15.3. The minimum Gasteiger partial charge on any atom is -0.377 e. The van der Waals surface area contributed by atoms with Gasteiger partial charge in [0.05, 0.1) is 6.10 Å². The second-order valence-electron chi connectivity index (χ2n) is 8.37. The summed E-state index contributed by atoms with van der Waals surface area (Å²) >= 11 is 3.71. The van der Waals surface area contributed by atoms with Crippen LogP contribution in [0, 0.1) is 11.3 Å². The molecule has 0 spiro atoms. The third-order valence-corrected chi connectivity index (χ3v) is 7.20. The monoisotopic (exact) mass is 405 g/mol. The minimum absolute atomic E-state index is 0.165. The first-order valence-electron chi connectivity index (χ1n) is 9.32. The van der Waals surface area contributed by atoms with Gasteiger partial charge in [0, 0.05) is 47.5 Å². The Morgan fingerprint density at radius 1 is 1.32 bits per heavy atom. The van der Waals surface area contributed by atoms with Crippen molar-refractivity contribution in [2.24, 2.45) is 16.3 Å². The van der Waals surface area contributed by atoms with Crippen molar-refractivity contribution in [3.05, 3.63) is 34.3 Å². The van der Waals surface area contributed by atoms with Gasteiger partial charge in [0.15, 0.2) is 5.96 Å². The van der Waals surface area contributed by atoms with E-state index in [0.29, 0.717) is 18.1 Å². The molecular weight excluding hydrogens is 378 g/mol. The van der Waals surface area contributed by atoms with E-state index in [4.69, 9.17) is 4.74 Å². The molecule has 1 saturated heterocycles. The molecule has 1 aromatic carbocycles. The largest absolute Gasteiger partial charge is 0.377 e. The summed E-state index contributed by atoms with van der Waals surface area (Å²) in [5.74, 6) is 1.54. The zero-order valence-corrected chi connectivity index (χ0v) is 16.9. The number of halogens is 1. The van der Waals surface area contributed by atoms with Crippen molar-refractivity contribution in [2.75, 3.05) is 20.2 Å². The standard InChI is InChI=1S/C20H28BrN3O/c1-19(2)16(13-8-11-25-17(13)19)24-18(22-3)23-12-20(9-10-20)14-6-4-5-7-15(14)21/h4-7,13,16-17H,8-12H2,1-3H3,(H2,22,23,24). The second kappa shape index (κ2) is 6.27. The summed E-state index contributed by atoms with van der Waals surface area (Å²) in [6, 6.07) is 9.02. The van der Waals surface area contributed by atoms with E-state index in [0.717, 1.165) is 25.5 Å². The molecular formula is C20H28BrN3O. The van der Waals surface area contributed by atoms with E-state index in [1.807, 2.05) is 7.05 Å². The summed E-state index contributed by atoms with van der Waals surface area (Å²) < 4.78 is 7.11. The zero-order chi connectivity index (χ0) is 17.7. The van der Waals surface area contributed by atoms with Gasteiger partial charge in [-0.15, -0.1) is 0 Å². The van der Waals surface area contributed by atoms with Crippen LogP contribution in [0.2, 0.25) is 0 Å². The van der Waals surface area contributed by atoms with Crippen molar-refractivity contribution in [1.82, 2.24) is 10.6 Å². The maximum absolute atomic E-state index is 5.90. The highest BCUT2D eigenvalue weighted by molar-refractivity contribution is 9.10. The predicted molar refractivity (Wildman–Crippen MR) is 105 cm³/mol. The van der Waals surface area contributed by atoms with E-state index in [1.165, 1.54) is 22.9 Å².